The standard InChI is InChI=1S/C12H16Br2O6/c13-9-1-11(19-5-7(17)3-15)12(2-10(9)14)20-6-8(18)4-16/h1-2,7-8,15-18H,3-6H2. The van der Waals surface area contributed by atoms with Crippen LogP contribution in [0.3, 0.4) is 0 Å². The third-order valence-corrected chi connectivity index (χ3v) is 4.11. The van der Waals surface area contributed by atoms with Gasteiger partial charge >= 0.3 is 0 Å². The molecule has 114 valence electrons. The molecule has 0 fully saturated rings. The lowest BCUT2D eigenvalue weighted by atomic mass is 10.3. The molecule has 0 aromatic heterocycles. The molecule has 0 bridgehead atoms. The van der Waals surface area contributed by atoms with Crippen molar-refractivity contribution in [3.8, 4) is 11.5 Å². The minimum absolute atomic E-state index is 0.0938. The van der Waals surface area contributed by atoms with Crippen LogP contribution in [0, 0.1) is 0 Å². The van der Waals surface area contributed by atoms with Gasteiger partial charge in [0.2, 0.25) is 0 Å². The topological polar surface area (TPSA) is 99.4 Å². The summed E-state index contributed by atoms with van der Waals surface area (Å²) < 4.78 is 12.2. The van der Waals surface area contributed by atoms with E-state index in [1.54, 1.807) is 12.1 Å². The number of halogens is 2. The molecule has 0 saturated heterocycles. The lowest BCUT2D eigenvalue weighted by Gasteiger charge is -2.16. The summed E-state index contributed by atoms with van der Waals surface area (Å²) in [6.07, 6.45) is -1.98. The Morgan fingerprint density at radius 2 is 1.20 bits per heavy atom. The number of benzene rings is 1. The van der Waals surface area contributed by atoms with Crippen molar-refractivity contribution in [2.75, 3.05) is 26.4 Å². The number of ether oxygens (including phenoxy) is 2. The summed E-state index contributed by atoms with van der Waals surface area (Å²) in [4.78, 5) is 0. The molecule has 0 amide bonds. The summed E-state index contributed by atoms with van der Waals surface area (Å²) in [5.41, 5.74) is 0. The average molecular weight is 416 g/mol. The Hall–Kier alpha value is -0.380. The molecule has 20 heavy (non-hydrogen) atoms. The zero-order valence-electron chi connectivity index (χ0n) is 10.5. The van der Waals surface area contributed by atoms with Crippen molar-refractivity contribution >= 4 is 31.9 Å². The molecule has 0 saturated carbocycles. The molecule has 1 aromatic carbocycles. The first-order valence-electron chi connectivity index (χ1n) is 5.80. The Balaban J connectivity index is 2.81. The predicted molar refractivity (Wildman–Crippen MR) is 79.0 cm³/mol. The molecule has 0 spiro atoms. The van der Waals surface area contributed by atoms with Crippen LogP contribution in [-0.2, 0) is 0 Å². The van der Waals surface area contributed by atoms with Gasteiger partial charge in [0.1, 0.15) is 25.4 Å². The minimum atomic E-state index is -0.992. The van der Waals surface area contributed by atoms with E-state index < -0.39 is 25.4 Å². The first-order valence-corrected chi connectivity index (χ1v) is 7.39. The smallest absolute Gasteiger partial charge is 0.162 e. The molecule has 0 aliphatic rings. The van der Waals surface area contributed by atoms with E-state index in [2.05, 4.69) is 31.9 Å². The normalized spacial score (nSPS) is 13.9. The third kappa shape index (κ3) is 5.55. The molecule has 4 N–H and O–H groups in total. The van der Waals surface area contributed by atoms with E-state index in [0.717, 1.165) is 8.95 Å². The highest BCUT2D eigenvalue weighted by Crippen LogP contribution is 2.36. The van der Waals surface area contributed by atoms with Gasteiger partial charge in [-0.3, -0.25) is 0 Å². The Kier molecular flexibility index (Phi) is 7.78. The van der Waals surface area contributed by atoms with E-state index in [1.165, 1.54) is 0 Å². The molecule has 0 radical (unpaired) electrons. The van der Waals surface area contributed by atoms with Crippen molar-refractivity contribution in [3.63, 3.8) is 0 Å². The Morgan fingerprint density at radius 3 is 1.50 bits per heavy atom. The molecular formula is C12H16Br2O6. The number of hydrogen-bond acceptors (Lipinski definition) is 6. The molecular weight excluding hydrogens is 400 g/mol. The highest BCUT2D eigenvalue weighted by Gasteiger charge is 2.13. The van der Waals surface area contributed by atoms with Gasteiger partial charge in [0.25, 0.3) is 0 Å². The van der Waals surface area contributed by atoms with E-state index in [9.17, 15) is 10.2 Å². The van der Waals surface area contributed by atoms with Crippen LogP contribution in [0.5, 0.6) is 11.5 Å². The second-order valence-electron chi connectivity index (χ2n) is 4.01. The van der Waals surface area contributed by atoms with Crippen LogP contribution in [0.25, 0.3) is 0 Å². The first-order chi connectivity index (χ1) is 9.47. The van der Waals surface area contributed by atoms with Gasteiger partial charge in [0.05, 0.1) is 13.2 Å². The predicted octanol–water partition coefficient (Wildman–Crippen LogP) is 0.676. The van der Waals surface area contributed by atoms with Crippen molar-refractivity contribution in [3.05, 3.63) is 21.1 Å². The number of hydrogen-bond donors (Lipinski definition) is 4. The number of aliphatic hydroxyl groups excluding tert-OH is 4. The van der Waals surface area contributed by atoms with Crippen molar-refractivity contribution in [1.82, 2.24) is 0 Å². The molecule has 0 aliphatic heterocycles. The van der Waals surface area contributed by atoms with Crippen molar-refractivity contribution in [2.45, 2.75) is 12.2 Å². The third-order valence-electron chi connectivity index (χ3n) is 2.27. The number of aliphatic hydroxyl groups is 4. The van der Waals surface area contributed by atoms with Gasteiger partial charge in [0, 0.05) is 8.95 Å². The largest absolute Gasteiger partial charge is 0.487 e. The van der Waals surface area contributed by atoms with E-state index in [-0.39, 0.29) is 13.2 Å². The van der Waals surface area contributed by atoms with Gasteiger partial charge in [0.15, 0.2) is 11.5 Å². The number of rotatable bonds is 8. The zero-order valence-corrected chi connectivity index (χ0v) is 13.7. The summed E-state index contributed by atoms with van der Waals surface area (Å²) >= 11 is 6.63. The van der Waals surface area contributed by atoms with Crippen LogP contribution >= 0.6 is 31.9 Å². The van der Waals surface area contributed by atoms with Crippen LogP contribution < -0.4 is 9.47 Å². The fourth-order valence-corrected chi connectivity index (χ4v) is 1.86. The van der Waals surface area contributed by atoms with Crippen molar-refractivity contribution < 1.29 is 29.9 Å². The second kappa shape index (κ2) is 8.81. The quantitative estimate of drug-likeness (QED) is 0.498. The average Bonchev–Trinajstić information content (AvgIpc) is 2.45. The molecule has 2 atom stereocenters. The fraction of sp³-hybridized carbons (Fsp3) is 0.500. The van der Waals surface area contributed by atoms with E-state index in [4.69, 9.17) is 19.7 Å². The zero-order chi connectivity index (χ0) is 15.1. The van der Waals surface area contributed by atoms with Gasteiger partial charge in [-0.15, -0.1) is 0 Å². The van der Waals surface area contributed by atoms with Crippen molar-refractivity contribution in [1.29, 1.82) is 0 Å². The highest BCUT2D eigenvalue weighted by atomic mass is 79.9. The molecule has 6 nitrogen and oxygen atoms in total. The lowest BCUT2D eigenvalue weighted by Crippen LogP contribution is -2.23. The highest BCUT2D eigenvalue weighted by molar-refractivity contribution is 9.13. The Labute approximate surface area is 133 Å². The van der Waals surface area contributed by atoms with Crippen LogP contribution in [0.2, 0.25) is 0 Å². The Bertz CT molecular complexity index is 390. The van der Waals surface area contributed by atoms with Gasteiger partial charge in [-0.1, -0.05) is 0 Å². The summed E-state index contributed by atoms with van der Waals surface area (Å²) in [6.45, 7) is -0.999. The van der Waals surface area contributed by atoms with Crippen LogP contribution in [0.1, 0.15) is 0 Å². The maximum Gasteiger partial charge on any atom is 0.162 e. The van der Waals surface area contributed by atoms with E-state index >= 15 is 0 Å². The molecule has 0 heterocycles. The maximum atomic E-state index is 9.28. The second-order valence-corrected chi connectivity index (χ2v) is 5.72. The summed E-state index contributed by atoms with van der Waals surface area (Å²) in [5.74, 6) is 0.690. The van der Waals surface area contributed by atoms with E-state index in [1.807, 2.05) is 0 Å². The van der Waals surface area contributed by atoms with Crippen molar-refractivity contribution in [2.24, 2.45) is 0 Å². The van der Waals surface area contributed by atoms with Crippen LogP contribution in [0.15, 0.2) is 21.1 Å². The molecule has 8 heteroatoms. The van der Waals surface area contributed by atoms with E-state index in [0.29, 0.717) is 11.5 Å². The first kappa shape index (κ1) is 17.7. The molecule has 1 aromatic rings. The summed E-state index contributed by atoms with van der Waals surface area (Å²) in [6, 6.07) is 3.27. The summed E-state index contributed by atoms with van der Waals surface area (Å²) in [7, 11) is 0. The summed E-state index contributed by atoms with van der Waals surface area (Å²) in [5, 5.41) is 36.1. The Morgan fingerprint density at radius 1 is 0.850 bits per heavy atom. The SMILES string of the molecule is OCC(O)COc1cc(Br)c(Br)cc1OCC(O)CO. The molecule has 2 unspecified atom stereocenters. The van der Waals surface area contributed by atoms with Gasteiger partial charge in [-0.05, 0) is 44.0 Å². The minimum Gasteiger partial charge on any atom is -0.487 e. The fourth-order valence-electron chi connectivity index (χ4n) is 1.21. The van der Waals surface area contributed by atoms with Gasteiger partial charge in [-0.25, -0.2) is 0 Å². The molecule has 0 aliphatic carbocycles. The van der Waals surface area contributed by atoms with Crippen LogP contribution in [0.4, 0.5) is 0 Å². The lowest BCUT2D eigenvalue weighted by molar-refractivity contribution is 0.0447. The van der Waals surface area contributed by atoms with Gasteiger partial charge < -0.3 is 29.9 Å². The van der Waals surface area contributed by atoms with Gasteiger partial charge in [-0.2, -0.15) is 0 Å². The monoisotopic (exact) mass is 414 g/mol. The van der Waals surface area contributed by atoms with Crippen LogP contribution in [-0.4, -0.2) is 59.1 Å². The maximum absolute atomic E-state index is 9.28. The molecule has 1 rings (SSSR count).